The molecule has 2 N–H and O–H groups in total. The van der Waals surface area contributed by atoms with Gasteiger partial charge in [0.1, 0.15) is 0 Å². The molecule has 0 spiro atoms. The van der Waals surface area contributed by atoms with Crippen molar-refractivity contribution in [1.29, 1.82) is 0 Å². The predicted molar refractivity (Wildman–Crippen MR) is 135 cm³/mol. The maximum Gasteiger partial charge on any atom is 0.338 e. The Hall–Kier alpha value is -2.49. The zero-order valence-electron chi connectivity index (χ0n) is 20.7. The van der Waals surface area contributed by atoms with Gasteiger partial charge in [-0.15, -0.1) is 0 Å². The van der Waals surface area contributed by atoms with Crippen LogP contribution in [0.4, 0.5) is 9.59 Å². The summed E-state index contributed by atoms with van der Waals surface area (Å²) in [6.07, 6.45) is 0. The lowest BCUT2D eigenvalue weighted by Crippen LogP contribution is -2.58. The summed E-state index contributed by atoms with van der Waals surface area (Å²) in [5.74, 6) is -0.529. The van der Waals surface area contributed by atoms with Crippen LogP contribution in [0.25, 0.3) is 0 Å². The van der Waals surface area contributed by atoms with Crippen LogP contribution in [0.1, 0.15) is 39.3 Å². The van der Waals surface area contributed by atoms with Crippen molar-refractivity contribution < 1.29 is 19.1 Å². The fraction of sp³-hybridized carbons (Fsp3) is 0.542. The van der Waals surface area contributed by atoms with Crippen LogP contribution in [-0.2, 0) is 9.53 Å². The molecule has 0 saturated carbocycles. The number of rotatable bonds is 6. The fourth-order valence-electron chi connectivity index (χ4n) is 4.39. The molecule has 2 atom stereocenters. The van der Waals surface area contributed by atoms with Crippen molar-refractivity contribution >= 4 is 41.2 Å². The Balaban J connectivity index is 1.94. The largest absolute Gasteiger partial charge is 0.463 e. The van der Waals surface area contributed by atoms with Crippen molar-refractivity contribution in [1.82, 2.24) is 25.3 Å². The molecule has 4 amide bonds. The zero-order valence-corrected chi connectivity index (χ0v) is 22.2. The Labute approximate surface area is 216 Å². The summed E-state index contributed by atoms with van der Waals surface area (Å²) >= 11 is 12.7. The molecule has 0 aromatic heterocycles. The standard InChI is InChI=1S/C24H33Cl2N5O4/c1-6-35-22(32)19-18(13-30-10-11-31(15(4)12-30)24(34)27-14(2)3)29(5)23(33)28-21(19)16-8-7-9-17(25)20(16)26/h7-9,14-15,21H,6,10-13H2,1-5H3,(H,27,34)(H,28,33)/t15-,21-/m1/s1. The van der Waals surface area contributed by atoms with E-state index in [2.05, 4.69) is 15.5 Å². The molecule has 0 radical (unpaired) electrons. The summed E-state index contributed by atoms with van der Waals surface area (Å²) in [7, 11) is 1.62. The Kier molecular flexibility index (Phi) is 8.90. The molecule has 2 aliphatic heterocycles. The van der Waals surface area contributed by atoms with E-state index in [1.165, 1.54) is 4.90 Å². The molecule has 11 heteroatoms. The van der Waals surface area contributed by atoms with E-state index in [-0.39, 0.29) is 35.8 Å². The van der Waals surface area contributed by atoms with Crippen molar-refractivity contribution in [3.05, 3.63) is 45.1 Å². The van der Waals surface area contributed by atoms with Gasteiger partial charge in [-0.3, -0.25) is 9.80 Å². The van der Waals surface area contributed by atoms with E-state index in [1.54, 1.807) is 32.2 Å². The van der Waals surface area contributed by atoms with E-state index >= 15 is 0 Å². The maximum absolute atomic E-state index is 13.2. The zero-order chi connectivity index (χ0) is 25.9. The molecule has 2 heterocycles. The van der Waals surface area contributed by atoms with Crippen LogP contribution < -0.4 is 10.6 Å². The van der Waals surface area contributed by atoms with E-state index < -0.39 is 12.0 Å². The second kappa shape index (κ2) is 11.5. The first-order valence-corrected chi connectivity index (χ1v) is 12.5. The van der Waals surface area contributed by atoms with Gasteiger partial charge in [-0.05, 0) is 39.3 Å². The average Bonchev–Trinajstić information content (AvgIpc) is 2.78. The lowest BCUT2D eigenvalue weighted by molar-refractivity contribution is -0.139. The first-order chi connectivity index (χ1) is 16.5. The monoisotopic (exact) mass is 525 g/mol. The molecule has 192 valence electrons. The molecule has 1 saturated heterocycles. The van der Waals surface area contributed by atoms with Crippen LogP contribution in [0.2, 0.25) is 10.0 Å². The third kappa shape index (κ3) is 6.02. The van der Waals surface area contributed by atoms with Gasteiger partial charge < -0.3 is 20.3 Å². The third-order valence-corrected chi connectivity index (χ3v) is 6.96. The Morgan fingerprint density at radius 1 is 1.26 bits per heavy atom. The topological polar surface area (TPSA) is 94.2 Å². The van der Waals surface area contributed by atoms with E-state index in [1.807, 2.05) is 25.7 Å². The van der Waals surface area contributed by atoms with Crippen molar-refractivity contribution in [2.24, 2.45) is 0 Å². The van der Waals surface area contributed by atoms with Crippen molar-refractivity contribution in [3.8, 4) is 0 Å². The smallest absolute Gasteiger partial charge is 0.338 e. The number of likely N-dealkylation sites (N-methyl/N-ethyl adjacent to an activating group) is 1. The fourth-order valence-corrected chi connectivity index (χ4v) is 4.81. The Morgan fingerprint density at radius 2 is 1.97 bits per heavy atom. The SMILES string of the molecule is CCOC(=O)C1=C(CN2CCN(C(=O)NC(C)C)[C@H](C)C2)N(C)C(=O)N[C@@H]1c1cccc(Cl)c1Cl. The number of piperazine rings is 1. The summed E-state index contributed by atoms with van der Waals surface area (Å²) in [5, 5.41) is 6.39. The number of carbonyl (C=O) groups is 3. The Morgan fingerprint density at radius 3 is 2.60 bits per heavy atom. The van der Waals surface area contributed by atoms with Gasteiger partial charge >= 0.3 is 18.0 Å². The second-order valence-corrected chi connectivity index (χ2v) is 9.83. The van der Waals surface area contributed by atoms with Gasteiger partial charge in [0.2, 0.25) is 0 Å². The quantitative estimate of drug-likeness (QED) is 0.553. The number of hydrogen-bond acceptors (Lipinski definition) is 5. The van der Waals surface area contributed by atoms with Crippen LogP contribution in [0.15, 0.2) is 29.5 Å². The van der Waals surface area contributed by atoms with E-state index in [9.17, 15) is 14.4 Å². The molecular formula is C24H33Cl2N5O4. The Bertz CT molecular complexity index is 1020. The van der Waals surface area contributed by atoms with E-state index in [4.69, 9.17) is 27.9 Å². The predicted octanol–water partition coefficient (Wildman–Crippen LogP) is 3.63. The molecule has 0 aliphatic carbocycles. The van der Waals surface area contributed by atoms with Gasteiger partial charge in [0.15, 0.2) is 0 Å². The molecule has 35 heavy (non-hydrogen) atoms. The number of benzene rings is 1. The minimum absolute atomic E-state index is 0.0463. The van der Waals surface area contributed by atoms with Crippen LogP contribution in [-0.4, -0.2) is 84.6 Å². The summed E-state index contributed by atoms with van der Waals surface area (Å²) in [5.41, 5.74) is 1.36. The minimum atomic E-state index is -0.811. The molecule has 2 aliphatic rings. The molecule has 9 nitrogen and oxygen atoms in total. The van der Waals surface area contributed by atoms with Gasteiger partial charge in [-0.1, -0.05) is 35.3 Å². The number of urea groups is 2. The van der Waals surface area contributed by atoms with Crippen LogP contribution >= 0.6 is 23.2 Å². The number of hydrogen-bond donors (Lipinski definition) is 2. The van der Waals surface area contributed by atoms with Crippen molar-refractivity contribution in [2.75, 3.05) is 39.8 Å². The van der Waals surface area contributed by atoms with Crippen LogP contribution in [0.5, 0.6) is 0 Å². The van der Waals surface area contributed by atoms with Gasteiger partial charge in [0, 0.05) is 51.0 Å². The number of carbonyl (C=O) groups excluding carboxylic acids is 3. The first kappa shape index (κ1) is 27.1. The highest BCUT2D eigenvalue weighted by Gasteiger charge is 2.39. The molecule has 1 fully saturated rings. The highest BCUT2D eigenvalue weighted by Crippen LogP contribution is 2.37. The summed E-state index contributed by atoms with van der Waals surface area (Å²) in [6.45, 7) is 9.79. The number of amides is 4. The highest BCUT2D eigenvalue weighted by atomic mass is 35.5. The molecule has 3 rings (SSSR count). The number of ether oxygens (including phenoxy) is 1. The van der Waals surface area contributed by atoms with E-state index in [0.717, 1.165) is 0 Å². The number of nitrogens with zero attached hydrogens (tertiary/aromatic N) is 3. The van der Waals surface area contributed by atoms with E-state index in [0.29, 0.717) is 48.0 Å². The maximum atomic E-state index is 13.2. The first-order valence-electron chi connectivity index (χ1n) is 11.7. The van der Waals surface area contributed by atoms with Gasteiger partial charge in [-0.2, -0.15) is 0 Å². The van der Waals surface area contributed by atoms with Crippen LogP contribution in [0.3, 0.4) is 0 Å². The lowest BCUT2D eigenvalue weighted by Gasteiger charge is -2.42. The second-order valence-electron chi connectivity index (χ2n) is 9.05. The molecule has 1 aromatic rings. The van der Waals surface area contributed by atoms with Gasteiger partial charge in [0.25, 0.3) is 0 Å². The third-order valence-electron chi connectivity index (χ3n) is 6.12. The van der Waals surface area contributed by atoms with Crippen LogP contribution in [0, 0.1) is 0 Å². The highest BCUT2D eigenvalue weighted by molar-refractivity contribution is 6.42. The summed E-state index contributed by atoms with van der Waals surface area (Å²) < 4.78 is 5.38. The van der Waals surface area contributed by atoms with Crippen molar-refractivity contribution in [3.63, 3.8) is 0 Å². The molecule has 0 unspecified atom stereocenters. The molecule has 1 aromatic carbocycles. The summed E-state index contributed by atoms with van der Waals surface area (Å²) in [6, 6.07) is 3.84. The minimum Gasteiger partial charge on any atom is -0.463 e. The number of halogens is 2. The lowest BCUT2D eigenvalue weighted by atomic mass is 9.94. The van der Waals surface area contributed by atoms with Gasteiger partial charge in [0.05, 0.1) is 28.3 Å². The molecule has 0 bridgehead atoms. The van der Waals surface area contributed by atoms with Gasteiger partial charge in [-0.25, -0.2) is 14.4 Å². The summed E-state index contributed by atoms with van der Waals surface area (Å²) in [4.78, 5) is 44.0. The number of esters is 1. The van der Waals surface area contributed by atoms with Crippen molar-refractivity contribution in [2.45, 2.75) is 45.8 Å². The normalized spacial score (nSPS) is 21.3. The molecular weight excluding hydrogens is 493 g/mol. The number of nitrogens with one attached hydrogen (secondary N) is 2. The average molecular weight is 526 g/mol.